The molecule has 0 aliphatic rings. The minimum absolute atomic E-state index is 0.00603. The molecule has 0 heterocycles. The Balaban J connectivity index is 5.34. The Bertz CT molecular complexity index is 299. The van der Waals surface area contributed by atoms with Crippen molar-refractivity contribution in [3.05, 3.63) is 0 Å². The maximum absolute atomic E-state index is 12.5. The van der Waals surface area contributed by atoms with E-state index < -0.39 is 24.8 Å². The van der Waals surface area contributed by atoms with Gasteiger partial charge in [-0.25, -0.2) is 0 Å². The second-order valence-corrected chi connectivity index (χ2v) is 22.7. The highest BCUT2D eigenvalue weighted by Gasteiger charge is 2.42. The molecule has 1 atom stereocenters. The van der Waals surface area contributed by atoms with E-state index in [0.717, 1.165) is 6.42 Å². The van der Waals surface area contributed by atoms with Gasteiger partial charge in [-0.2, -0.15) is 0 Å². The molecule has 0 bridgehead atoms. The lowest BCUT2D eigenvalue weighted by Gasteiger charge is -2.47. The fourth-order valence-electron chi connectivity index (χ4n) is 2.77. The minimum Gasteiger partial charge on any atom is -0.519 e. The number of hydrogen-bond acceptors (Lipinski definition) is 3. The smallest absolute Gasteiger partial charge is 0.308 e. The molecule has 0 fully saturated rings. The average Bonchev–Trinajstić information content (AvgIpc) is 2.05. The second kappa shape index (κ2) is 6.24. The zero-order valence-electron chi connectivity index (χ0n) is 14.5. The van der Waals surface area contributed by atoms with Crippen molar-refractivity contribution in [1.29, 1.82) is 0 Å². The molecular weight excluding hydrogens is 286 g/mol. The Labute approximate surface area is 123 Å². The summed E-state index contributed by atoms with van der Waals surface area (Å²) in [6.45, 7) is 22.3. The predicted octanol–water partition coefficient (Wildman–Crippen LogP) is 4.11. The topological polar surface area (TPSA) is 29.5 Å². The van der Waals surface area contributed by atoms with Gasteiger partial charge < -0.3 is 8.66 Å². The van der Waals surface area contributed by atoms with Gasteiger partial charge in [0, 0.05) is 0 Å². The van der Waals surface area contributed by atoms with Crippen LogP contribution in [0.5, 0.6) is 0 Å². The van der Waals surface area contributed by atoms with Crippen LogP contribution in [-0.4, -0.2) is 41.0 Å². The molecular formula is C13H33NO2Si3. The molecule has 0 saturated carbocycles. The summed E-state index contributed by atoms with van der Waals surface area (Å²) in [5.74, 6) is 0.00603. The summed E-state index contributed by atoms with van der Waals surface area (Å²) in [4.78, 5) is 12.5. The van der Waals surface area contributed by atoms with Crippen LogP contribution >= 0.6 is 0 Å². The van der Waals surface area contributed by atoms with Gasteiger partial charge in [0.25, 0.3) is 0 Å². The first-order valence-corrected chi connectivity index (χ1v) is 17.5. The van der Waals surface area contributed by atoms with Crippen molar-refractivity contribution in [3.8, 4) is 0 Å². The van der Waals surface area contributed by atoms with E-state index in [1.165, 1.54) is 0 Å². The van der Waals surface area contributed by atoms with Crippen LogP contribution < -0.4 is 0 Å². The number of carbonyl (C=O) groups is 1. The minimum atomic E-state index is -1.81. The number of rotatable bonds is 6. The van der Waals surface area contributed by atoms with E-state index in [-0.39, 0.29) is 12.0 Å². The van der Waals surface area contributed by atoms with Crippen molar-refractivity contribution in [1.82, 2.24) is 4.23 Å². The van der Waals surface area contributed by atoms with E-state index in [0.29, 0.717) is 0 Å². The zero-order chi connectivity index (χ0) is 15.6. The lowest BCUT2D eigenvalue weighted by Crippen LogP contribution is -2.65. The summed E-state index contributed by atoms with van der Waals surface area (Å²) >= 11 is 0. The van der Waals surface area contributed by atoms with Crippen LogP contribution in [0.3, 0.4) is 0 Å². The van der Waals surface area contributed by atoms with E-state index in [9.17, 15) is 4.79 Å². The van der Waals surface area contributed by atoms with Crippen molar-refractivity contribution < 1.29 is 9.22 Å². The van der Waals surface area contributed by atoms with Gasteiger partial charge in [-0.05, 0) is 26.1 Å². The quantitative estimate of drug-likeness (QED) is 0.690. The maximum atomic E-state index is 12.5. The third kappa shape index (κ3) is 6.38. The average molecular weight is 320 g/mol. The lowest BCUT2D eigenvalue weighted by atomic mass is 10.2. The largest absolute Gasteiger partial charge is 0.519 e. The SMILES string of the molecule is CCC(C(=O)O[Si](C)(C)C)N([Si](C)(C)C)[Si](C)(C)C. The molecule has 114 valence electrons. The van der Waals surface area contributed by atoms with Gasteiger partial charge in [0.05, 0.1) is 6.04 Å². The van der Waals surface area contributed by atoms with E-state index in [2.05, 4.69) is 70.1 Å². The molecule has 0 spiro atoms. The van der Waals surface area contributed by atoms with E-state index in [4.69, 9.17) is 4.43 Å². The lowest BCUT2D eigenvalue weighted by molar-refractivity contribution is -0.138. The van der Waals surface area contributed by atoms with E-state index in [1.807, 2.05) is 0 Å². The van der Waals surface area contributed by atoms with Crippen LogP contribution in [0.2, 0.25) is 58.9 Å². The van der Waals surface area contributed by atoms with E-state index in [1.54, 1.807) is 0 Å². The van der Waals surface area contributed by atoms with Gasteiger partial charge in [0.15, 0.2) is 0 Å². The highest BCUT2D eigenvalue weighted by molar-refractivity contribution is 6.89. The molecule has 3 nitrogen and oxygen atoms in total. The molecule has 19 heavy (non-hydrogen) atoms. The van der Waals surface area contributed by atoms with Crippen LogP contribution in [-0.2, 0) is 9.22 Å². The van der Waals surface area contributed by atoms with Crippen LogP contribution in [0.4, 0.5) is 0 Å². The molecule has 0 aliphatic carbocycles. The van der Waals surface area contributed by atoms with Gasteiger partial charge in [0.1, 0.15) is 16.5 Å². The van der Waals surface area contributed by atoms with Crippen molar-refractivity contribution in [3.63, 3.8) is 0 Å². The molecule has 0 aromatic heterocycles. The van der Waals surface area contributed by atoms with Crippen molar-refractivity contribution in [2.75, 3.05) is 0 Å². The molecule has 0 saturated heterocycles. The molecule has 0 aromatic rings. The first-order valence-electron chi connectivity index (χ1n) is 7.22. The molecule has 0 rings (SSSR count). The number of nitrogens with zero attached hydrogens (tertiary/aromatic N) is 1. The Kier molecular flexibility index (Phi) is 6.26. The molecule has 0 radical (unpaired) electrons. The van der Waals surface area contributed by atoms with E-state index >= 15 is 0 Å². The van der Waals surface area contributed by atoms with Crippen molar-refractivity contribution in [2.45, 2.75) is 78.3 Å². The summed E-state index contributed by atoms with van der Waals surface area (Å²) in [6, 6.07) is -0.0509. The monoisotopic (exact) mass is 319 g/mol. The summed E-state index contributed by atoms with van der Waals surface area (Å²) in [5, 5.41) is 0. The van der Waals surface area contributed by atoms with Crippen LogP contribution in [0, 0.1) is 0 Å². The highest BCUT2D eigenvalue weighted by Crippen LogP contribution is 2.26. The summed E-state index contributed by atoms with van der Waals surface area (Å²) in [7, 11) is -4.88. The van der Waals surface area contributed by atoms with Gasteiger partial charge in [-0.3, -0.25) is 4.79 Å². The maximum Gasteiger partial charge on any atom is 0.308 e. The molecule has 0 amide bonds. The van der Waals surface area contributed by atoms with Crippen LogP contribution in [0.25, 0.3) is 0 Å². The molecule has 0 aromatic carbocycles. The zero-order valence-corrected chi connectivity index (χ0v) is 17.5. The van der Waals surface area contributed by atoms with Crippen molar-refractivity contribution >= 4 is 30.8 Å². The Morgan fingerprint density at radius 3 is 1.53 bits per heavy atom. The predicted molar refractivity (Wildman–Crippen MR) is 92.0 cm³/mol. The first-order chi connectivity index (χ1) is 8.20. The Hall–Kier alpha value is 0.0806. The van der Waals surface area contributed by atoms with Crippen LogP contribution in [0.15, 0.2) is 0 Å². The third-order valence-electron chi connectivity index (χ3n) is 2.82. The fourth-order valence-corrected chi connectivity index (χ4v) is 14.0. The summed E-state index contributed by atoms with van der Waals surface area (Å²) in [6.07, 6.45) is 0.845. The molecule has 1 unspecified atom stereocenters. The molecule has 6 heteroatoms. The fraction of sp³-hybridized carbons (Fsp3) is 0.923. The highest BCUT2D eigenvalue weighted by atomic mass is 28.4. The molecule has 0 aliphatic heterocycles. The number of carbonyl (C=O) groups excluding carboxylic acids is 1. The van der Waals surface area contributed by atoms with Gasteiger partial charge in [-0.1, -0.05) is 46.2 Å². The number of hydrogen-bond donors (Lipinski definition) is 0. The summed E-state index contributed by atoms with van der Waals surface area (Å²) < 4.78 is 8.32. The van der Waals surface area contributed by atoms with Crippen LogP contribution in [0.1, 0.15) is 13.3 Å². The Morgan fingerprint density at radius 1 is 0.947 bits per heavy atom. The molecule has 0 N–H and O–H groups in total. The Morgan fingerprint density at radius 2 is 1.32 bits per heavy atom. The third-order valence-corrected chi connectivity index (χ3v) is 11.2. The standard InChI is InChI=1S/C13H33NO2Si3/c1-11-12(13(15)16-19(8,9)10)14(17(2,3)4)18(5,6)7/h12H,11H2,1-10H3. The second-order valence-electron chi connectivity index (χ2n) is 8.17. The normalized spacial score (nSPS) is 15.5. The summed E-state index contributed by atoms with van der Waals surface area (Å²) in [5.41, 5.74) is 0. The van der Waals surface area contributed by atoms with Gasteiger partial charge >= 0.3 is 5.97 Å². The van der Waals surface area contributed by atoms with Gasteiger partial charge in [0.2, 0.25) is 8.32 Å². The van der Waals surface area contributed by atoms with Gasteiger partial charge in [-0.15, -0.1) is 0 Å². The van der Waals surface area contributed by atoms with Crippen molar-refractivity contribution in [2.24, 2.45) is 0 Å². The first kappa shape index (κ1) is 19.1.